The van der Waals surface area contributed by atoms with Crippen molar-refractivity contribution in [3.8, 4) is 0 Å². The van der Waals surface area contributed by atoms with Gasteiger partial charge in [-0.3, -0.25) is 0 Å². The minimum atomic E-state index is -1.12. The third kappa shape index (κ3) is 2.28. The molecule has 1 N–H and O–H groups in total. The van der Waals surface area contributed by atoms with Gasteiger partial charge in [-0.2, -0.15) is 0 Å². The molecule has 13 heavy (non-hydrogen) atoms. The van der Waals surface area contributed by atoms with Crippen LogP contribution in [0.15, 0.2) is 16.6 Å². The zero-order chi connectivity index (χ0) is 10.0. The van der Waals surface area contributed by atoms with Gasteiger partial charge in [-0.25, -0.2) is 9.18 Å². The summed E-state index contributed by atoms with van der Waals surface area (Å²) in [5.74, 6) is -1.69. The minimum absolute atomic E-state index is 0.0161. The van der Waals surface area contributed by atoms with E-state index in [0.717, 1.165) is 6.07 Å². The number of carboxylic acid groups (broad SMARTS) is 1. The fourth-order valence-electron chi connectivity index (χ4n) is 0.898. The number of rotatable bonds is 2. The van der Waals surface area contributed by atoms with Gasteiger partial charge in [0.25, 0.3) is 0 Å². The van der Waals surface area contributed by atoms with Crippen LogP contribution in [0.5, 0.6) is 0 Å². The monoisotopic (exact) mass is 310 g/mol. The summed E-state index contributed by atoms with van der Waals surface area (Å²) >= 11 is 6.11. The summed E-state index contributed by atoms with van der Waals surface area (Å²) in [7, 11) is 0. The number of carboxylic acids is 1. The molecule has 0 bridgehead atoms. The normalized spacial score (nSPS) is 10.1. The zero-order valence-corrected chi connectivity index (χ0v) is 9.52. The lowest BCUT2D eigenvalue weighted by Gasteiger charge is -2.03. The van der Waals surface area contributed by atoms with Crippen LogP contribution in [0.1, 0.15) is 15.9 Å². The Hall–Kier alpha value is -0.420. The van der Waals surface area contributed by atoms with Crippen LogP contribution in [0, 0.1) is 5.82 Å². The highest BCUT2D eigenvalue weighted by Crippen LogP contribution is 2.22. The number of hydrogen-bond acceptors (Lipinski definition) is 1. The number of aromatic carboxylic acids is 1. The standard InChI is InChI=1S/C8H5Br2FO2/c9-3-4-1-6(10)7(11)2-5(4)8(12)13/h1-2H,3H2,(H,12,13). The van der Waals surface area contributed by atoms with Gasteiger partial charge in [-0.15, -0.1) is 0 Å². The van der Waals surface area contributed by atoms with E-state index in [-0.39, 0.29) is 10.0 Å². The van der Waals surface area contributed by atoms with Crippen molar-refractivity contribution in [1.29, 1.82) is 0 Å². The molecular formula is C8H5Br2FO2. The van der Waals surface area contributed by atoms with Crippen molar-refractivity contribution in [3.05, 3.63) is 33.5 Å². The molecule has 0 radical (unpaired) electrons. The van der Waals surface area contributed by atoms with Crippen molar-refractivity contribution in [2.75, 3.05) is 0 Å². The highest BCUT2D eigenvalue weighted by molar-refractivity contribution is 9.10. The van der Waals surface area contributed by atoms with E-state index in [0.29, 0.717) is 10.9 Å². The van der Waals surface area contributed by atoms with Crippen LogP contribution < -0.4 is 0 Å². The average Bonchev–Trinajstić information content (AvgIpc) is 2.08. The van der Waals surface area contributed by atoms with Gasteiger partial charge in [0.2, 0.25) is 0 Å². The molecule has 0 spiro atoms. The van der Waals surface area contributed by atoms with Gasteiger partial charge in [-0.1, -0.05) is 15.9 Å². The Labute approximate surface area is 91.0 Å². The van der Waals surface area contributed by atoms with Crippen molar-refractivity contribution >= 4 is 37.8 Å². The lowest BCUT2D eigenvalue weighted by molar-refractivity contribution is 0.0695. The quantitative estimate of drug-likeness (QED) is 0.852. The van der Waals surface area contributed by atoms with Crippen molar-refractivity contribution in [2.24, 2.45) is 0 Å². The van der Waals surface area contributed by atoms with Crippen LogP contribution in [0.3, 0.4) is 0 Å². The molecule has 0 saturated heterocycles. The van der Waals surface area contributed by atoms with Gasteiger partial charge in [0.15, 0.2) is 0 Å². The molecule has 5 heteroatoms. The van der Waals surface area contributed by atoms with Crippen molar-refractivity contribution < 1.29 is 14.3 Å². The minimum Gasteiger partial charge on any atom is -0.478 e. The fourth-order valence-corrected chi connectivity index (χ4v) is 1.75. The molecule has 0 amide bonds. The second kappa shape index (κ2) is 4.19. The smallest absolute Gasteiger partial charge is 0.336 e. The molecule has 0 fully saturated rings. The van der Waals surface area contributed by atoms with Crippen LogP contribution >= 0.6 is 31.9 Å². The second-order valence-corrected chi connectivity index (χ2v) is 3.78. The Morgan fingerprint density at radius 3 is 2.62 bits per heavy atom. The Balaban J connectivity index is 3.33. The summed E-state index contributed by atoms with van der Waals surface area (Å²) in [4.78, 5) is 10.6. The van der Waals surface area contributed by atoms with Crippen LogP contribution in [0.2, 0.25) is 0 Å². The van der Waals surface area contributed by atoms with Gasteiger partial charge in [0.1, 0.15) is 5.82 Å². The summed E-state index contributed by atoms with van der Waals surface area (Å²) in [5, 5.41) is 9.09. The predicted molar refractivity (Wildman–Crippen MR) is 53.7 cm³/mol. The molecule has 1 aromatic rings. The van der Waals surface area contributed by atoms with Crippen molar-refractivity contribution in [3.63, 3.8) is 0 Å². The van der Waals surface area contributed by atoms with E-state index in [1.807, 2.05) is 0 Å². The van der Waals surface area contributed by atoms with Crippen LogP contribution in [0.4, 0.5) is 4.39 Å². The maximum atomic E-state index is 12.9. The summed E-state index contributed by atoms with van der Waals surface area (Å²) < 4.78 is 13.2. The van der Waals surface area contributed by atoms with E-state index in [2.05, 4.69) is 31.9 Å². The van der Waals surface area contributed by atoms with Gasteiger partial charge < -0.3 is 5.11 Å². The molecule has 0 aliphatic heterocycles. The third-order valence-electron chi connectivity index (χ3n) is 1.52. The van der Waals surface area contributed by atoms with E-state index in [4.69, 9.17) is 5.11 Å². The maximum absolute atomic E-state index is 12.9. The van der Waals surface area contributed by atoms with E-state index in [1.54, 1.807) is 0 Å². The number of alkyl halides is 1. The fraction of sp³-hybridized carbons (Fsp3) is 0.125. The van der Waals surface area contributed by atoms with E-state index < -0.39 is 11.8 Å². The first-order valence-electron chi connectivity index (χ1n) is 3.33. The predicted octanol–water partition coefficient (Wildman–Crippen LogP) is 3.18. The summed E-state index contributed by atoms with van der Waals surface area (Å²) in [6.07, 6.45) is 0. The lowest BCUT2D eigenvalue weighted by Crippen LogP contribution is -2.02. The van der Waals surface area contributed by atoms with Gasteiger partial charge in [0.05, 0.1) is 10.0 Å². The van der Waals surface area contributed by atoms with Crippen molar-refractivity contribution in [1.82, 2.24) is 0 Å². The number of benzene rings is 1. The van der Waals surface area contributed by atoms with Crippen molar-refractivity contribution in [2.45, 2.75) is 5.33 Å². The molecule has 0 unspecified atom stereocenters. The van der Waals surface area contributed by atoms with Crippen LogP contribution in [0.25, 0.3) is 0 Å². The molecule has 0 atom stereocenters. The molecule has 1 aromatic carbocycles. The zero-order valence-electron chi connectivity index (χ0n) is 6.35. The molecule has 1 rings (SSSR count). The summed E-state index contributed by atoms with van der Waals surface area (Å²) in [5.41, 5.74) is 0.526. The maximum Gasteiger partial charge on any atom is 0.336 e. The number of carbonyl (C=O) groups is 1. The largest absolute Gasteiger partial charge is 0.478 e. The highest BCUT2D eigenvalue weighted by atomic mass is 79.9. The highest BCUT2D eigenvalue weighted by Gasteiger charge is 2.12. The molecule has 0 aliphatic rings. The lowest BCUT2D eigenvalue weighted by atomic mass is 10.1. The Kier molecular flexibility index (Phi) is 3.44. The molecule has 0 heterocycles. The average molecular weight is 312 g/mol. The van der Waals surface area contributed by atoms with Gasteiger partial charge in [-0.05, 0) is 33.6 Å². The first-order valence-corrected chi connectivity index (χ1v) is 5.25. The van der Waals surface area contributed by atoms with Crippen LogP contribution in [-0.2, 0) is 5.33 Å². The third-order valence-corrected chi connectivity index (χ3v) is 2.73. The molecule has 0 saturated carbocycles. The topological polar surface area (TPSA) is 37.3 Å². The van der Waals surface area contributed by atoms with E-state index in [9.17, 15) is 9.18 Å². The molecule has 0 aromatic heterocycles. The second-order valence-electron chi connectivity index (χ2n) is 2.36. The first kappa shape index (κ1) is 10.7. The van der Waals surface area contributed by atoms with E-state index in [1.165, 1.54) is 6.07 Å². The van der Waals surface area contributed by atoms with Gasteiger partial charge in [0, 0.05) is 5.33 Å². The molecule has 70 valence electrons. The number of halogens is 3. The Bertz CT molecular complexity index is 352. The van der Waals surface area contributed by atoms with Gasteiger partial charge >= 0.3 is 5.97 Å². The Morgan fingerprint density at radius 2 is 2.15 bits per heavy atom. The Morgan fingerprint density at radius 1 is 1.54 bits per heavy atom. The first-order chi connectivity index (χ1) is 6.06. The summed E-state index contributed by atoms with van der Waals surface area (Å²) in [6.45, 7) is 0. The summed E-state index contributed by atoms with van der Waals surface area (Å²) in [6, 6.07) is 2.45. The SMILES string of the molecule is O=C(O)c1cc(F)c(Br)cc1CBr. The molecule has 2 nitrogen and oxygen atoms in total. The number of hydrogen-bond donors (Lipinski definition) is 1. The molecule has 0 aliphatic carbocycles. The van der Waals surface area contributed by atoms with Crippen LogP contribution in [-0.4, -0.2) is 11.1 Å². The van der Waals surface area contributed by atoms with E-state index >= 15 is 0 Å². The molecular weight excluding hydrogens is 307 g/mol.